The van der Waals surface area contributed by atoms with E-state index < -0.39 is 0 Å². The van der Waals surface area contributed by atoms with Crippen molar-refractivity contribution in [3.63, 3.8) is 0 Å². The van der Waals surface area contributed by atoms with Crippen molar-refractivity contribution in [1.82, 2.24) is 9.38 Å². The summed E-state index contributed by atoms with van der Waals surface area (Å²) in [6.45, 7) is 2.13. The number of ether oxygens (including phenoxy) is 1. The number of carbonyl (C=O) groups is 1. The third kappa shape index (κ3) is 3.74. The van der Waals surface area contributed by atoms with Gasteiger partial charge in [0, 0.05) is 18.0 Å². The number of halogens is 1. The Bertz CT molecular complexity index is 687. The second-order valence-electron chi connectivity index (χ2n) is 3.96. The highest BCUT2D eigenvalue weighted by Crippen LogP contribution is 2.12. The number of carbonyl (C=O) groups excluding carboxylic acids is 1. The molecule has 7 heteroatoms. The summed E-state index contributed by atoms with van der Waals surface area (Å²) in [6.07, 6.45) is 1.53. The first kappa shape index (κ1) is 14.9. The Kier molecular flexibility index (Phi) is 5.03. The number of thioether (sulfide) groups is 1. The number of nitrogens with zero attached hydrogens (tertiary/aromatic N) is 2. The molecule has 0 unspecified atom stereocenters. The Morgan fingerprint density at radius 3 is 3.05 bits per heavy atom. The van der Waals surface area contributed by atoms with Crippen molar-refractivity contribution in [3.8, 4) is 0 Å². The van der Waals surface area contributed by atoms with Crippen LogP contribution in [0.1, 0.15) is 12.6 Å². The molecule has 0 aliphatic rings. The van der Waals surface area contributed by atoms with Gasteiger partial charge in [0.1, 0.15) is 5.65 Å². The Labute approximate surface area is 124 Å². The number of fused-ring (bicyclic) bond motifs is 1. The first-order chi connectivity index (χ1) is 9.60. The normalized spacial score (nSPS) is 10.7. The Morgan fingerprint density at radius 2 is 2.30 bits per heavy atom. The van der Waals surface area contributed by atoms with Crippen LogP contribution in [0.25, 0.3) is 5.65 Å². The SMILES string of the molecule is CCOC(=O)CSCc1cc(=O)n2cc(Cl)ccc2n1. The zero-order valence-electron chi connectivity index (χ0n) is 10.8. The molecule has 0 saturated heterocycles. The van der Waals surface area contributed by atoms with Gasteiger partial charge in [0.2, 0.25) is 0 Å². The molecule has 0 saturated carbocycles. The molecule has 0 N–H and O–H groups in total. The van der Waals surface area contributed by atoms with Crippen LogP contribution in [0.15, 0.2) is 29.2 Å². The second kappa shape index (κ2) is 6.76. The van der Waals surface area contributed by atoms with Crippen molar-refractivity contribution in [3.05, 3.63) is 45.5 Å². The number of hydrogen-bond acceptors (Lipinski definition) is 5. The van der Waals surface area contributed by atoms with Gasteiger partial charge >= 0.3 is 5.97 Å². The van der Waals surface area contributed by atoms with Gasteiger partial charge in [0.15, 0.2) is 0 Å². The van der Waals surface area contributed by atoms with Crippen LogP contribution in [0, 0.1) is 0 Å². The van der Waals surface area contributed by atoms with Crippen LogP contribution in [0.4, 0.5) is 0 Å². The molecular formula is C13H13ClN2O3S. The molecule has 0 aliphatic heterocycles. The summed E-state index contributed by atoms with van der Waals surface area (Å²) in [5.41, 5.74) is 0.976. The van der Waals surface area contributed by atoms with Gasteiger partial charge < -0.3 is 4.74 Å². The number of aromatic nitrogens is 2. The van der Waals surface area contributed by atoms with Crippen LogP contribution >= 0.6 is 23.4 Å². The predicted octanol–water partition coefficient (Wildman–Crippen LogP) is 2.14. The van der Waals surface area contributed by atoms with E-state index in [1.54, 1.807) is 19.1 Å². The zero-order chi connectivity index (χ0) is 14.5. The van der Waals surface area contributed by atoms with Gasteiger partial charge in [-0.2, -0.15) is 0 Å². The molecular weight excluding hydrogens is 300 g/mol. The van der Waals surface area contributed by atoms with Crippen LogP contribution in [-0.4, -0.2) is 27.7 Å². The lowest BCUT2D eigenvalue weighted by Crippen LogP contribution is -2.15. The summed E-state index contributed by atoms with van der Waals surface area (Å²) >= 11 is 7.20. The molecule has 2 aromatic heterocycles. The summed E-state index contributed by atoms with van der Waals surface area (Å²) in [7, 11) is 0. The Morgan fingerprint density at radius 1 is 1.50 bits per heavy atom. The Hall–Kier alpha value is -1.53. The molecule has 106 valence electrons. The first-order valence-electron chi connectivity index (χ1n) is 6.01. The van der Waals surface area contributed by atoms with Crippen LogP contribution < -0.4 is 5.56 Å². The molecule has 0 radical (unpaired) electrons. The van der Waals surface area contributed by atoms with Crippen molar-refractivity contribution in [1.29, 1.82) is 0 Å². The summed E-state index contributed by atoms with van der Waals surface area (Å²) in [5, 5.41) is 0.478. The van der Waals surface area contributed by atoms with Gasteiger partial charge in [-0.05, 0) is 19.1 Å². The first-order valence-corrected chi connectivity index (χ1v) is 7.54. The van der Waals surface area contributed by atoms with Crippen molar-refractivity contribution < 1.29 is 9.53 Å². The molecule has 5 nitrogen and oxygen atoms in total. The van der Waals surface area contributed by atoms with Crippen LogP contribution in [0.5, 0.6) is 0 Å². The standard InChI is InChI=1S/C13H13ClN2O3S/c1-2-19-13(18)8-20-7-10-5-12(17)16-6-9(14)3-4-11(16)15-10/h3-6H,2,7-8H2,1H3. The number of pyridine rings is 1. The molecule has 2 aromatic rings. The smallest absolute Gasteiger partial charge is 0.315 e. The molecule has 0 atom stereocenters. The average Bonchev–Trinajstić information content (AvgIpc) is 2.40. The molecule has 0 aliphatic carbocycles. The monoisotopic (exact) mass is 312 g/mol. The highest BCUT2D eigenvalue weighted by molar-refractivity contribution is 7.99. The lowest BCUT2D eigenvalue weighted by atomic mass is 10.4. The van der Waals surface area contributed by atoms with Gasteiger partial charge in [0.25, 0.3) is 5.56 Å². The second-order valence-corrected chi connectivity index (χ2v) is 5.38. The maximum absolute atomic E-state index is 11.9. The topological polar surface area (TPSA) is 60.7 Å². The van der Waals surface area contributed by atoms with E-state index in [0.717, 1.165) is 0 Å². The molecule has 0 fully saturated rings. The summed E-state index contributed by atoms with van der Waals surface area (Å²) < 4.78 is 6.22. The number of esters is 1. The third-order valence-electron chi connectivity index (χ3n) is 2.45. The fraction of sp³-hybridized carbons (Fsp3) is 0.308. The summed E-state index contributed by atoms with van der Waals surface area (Å²) in [6, 6.07) is 4.81. The highest BCUT2D eigenvalue weighted by atomic mass is 35.5. The van der Waals surface area contributed by atoms with Crippen LogP contribution in [0.3, 0.4) is 0 Å². The number of hydrogen-bond donors (Lipinski definition) is 0. The molecule has 0 bridgehead atoms. The minimum Gasteiger partial charge on any atom is -0.465 e. The van der Waals surface area contributed by atoms with E-state index in [0.29, 0.717) is 28.7 Å². The van der Waals surface area contributed by atoms with E-state index >= 15 is 0 Å². The fourth-order valence-electron chi connectivity index (χ4n) is 1.64. The molecule has 0 aromatic carbocycles. The van der Waals surface area contributed by atoms with Crippen molar-refractivity contribution >= 4 is 35.0 Å². The van der Waals surface area contributed by atoms with Gasteiger partial charge in [-0.1, -0.05) is 11.6 Å². The third-order valence-corrected chi connectivity index (χ3v) is 3.62. The highest BCUT2D eigenvalue weighted by Gasteiger charge is 2.06. The predicted molar refractivity (Wildman–Crippen MR) is 79.3 cm³/mol. The molecule has 0 amide bonds. The summed E-state index contributed by atoms with van der Waals surface area (Å²) in [4.78, 5) is 27.5. The van der Waals surface area contributed by atoms with Crippen LogP contribution in [-0.2, 0) is 15.3 Å². The zero-order valence-corrected chi connectivity index (χ0v) is 12.4. The van der Waals surface area contributed by atoms with E-state index in [-0.39, 0.29) is 17.3 Å². The largest absolute Gasteiger partial charge is 0.465 e. The van der Waals surface area contributed by atoms with Crippen molar-refractivity contribution in [2.45, 2.75) is 12.7 Å². The molecule has 0 spiro atoms. The van der Waals surface area contributed by atoms with Crippen LogP contribution in [0.2, 0.25) is 5.02 Å². The Balaban J connectivity index is 2.10. The van der Waals surface area contributed by atoms with Gasteiger partial charge in [0.05, 0.1) is 23.1 Å². The minimum atomic E-state index is -0.262. The minimum absolute atomic E-state index is 0.191. The quantitative estimate of drug-likeness (QED) is 0.792. The fourth-order valence-corrected chi connectivity index (χ4v) is 2.51. The lowest BCUT2D eigenvalue weighted by molar-refractivity contribution is -0.139. The van der Waals surface area contributed by atoms with E-state index in [9.17, 15) is 9.59 Å². The average molecular weight is 313 g/mol. The molecule has 2 heterocycles. The molecule has 2 rings (SSSR count). The van der Waals surface area contributed by atoms with E-state index in [4.69, 9.17) is 16.3 Å². The maximum Gasteiger partial charge on any atom is 0.315 e. The van der Waals surface area contributed by atoms with Gasteiger partial charge in [-0.3, -0.25) is 14.0 Å². The van der Waals surface area contributed by atoms with E-state index in [1.165, 1.54) is 28.4 Å². The van der Waals surface area contributed by atoms with Crippen molar-refractivity contribution in [2.24, 2.45) is 0 Å². The van der Waals surface area contributed by atoms with Crippen molar-refractivity contribution in [2.75, 3.05) is 12.4 Å². The molecule has 20 heavy (non-hydrogen) atoms. The maximum atomic E-state index is 11.9. The van der Waals surface area contributed by atoms with Gasteiger partial charge in [-0.15, -0.1) is 11.8 Å². The van der Waals surface area contributed by atoms with Gasteiger partial charge in [-0.25, -0.2) is 4.98 Å². The van der Waals surface area contributed by atoms with E-state index in [2.05, 4.69) is 4.98 Å². The number of rotatable bonds is 5. The lowest BCUT2D eigenvalue weighted by Gasteiger charge is -2.04. The van der Waals surface area contributed by atoms with E-state index in [1.807, 2.05) is 0 Å². The summed E-state index contributed by atoms with van der Waals surface area (Å²) in [5.74, 6) is 0.463.